The fourth-order valence-corrected chi connectivity index (χ4v) is 1.86. The lowest BCUT2D eigenvalue weighted by atomic mass is 10.3. The molecule has 0 atom stereocenters. The van der Waals surface area contributed by atoms with E-state index < -0.39 is 5.97 Å². The van der Waals surface area contributed by atoms with Crippen LogP contribution in [0.3, 0.4) is 0 Å². The number of carbonyl (C=O) groups is 1. The Hall–Kier alpha value is -0.773. The summed E-state index contributed by atoms with van der Waals surface area (Å²) in [6.07, 6.45) is 1.82. The highest BCUT2D eigenvalue weighted by Gasteiger charge is 2.10. The topological polar surface area (TPSA) is 46.5 Å². The Labute approximate surface area is 75.8 Å². The van der Waals surface area contributed by atoms with Gasteiger partial charge in [-0.3, -0.25) is 0 Å². The first kappa shape index (κ1) is 11.2. The van der Waals surface area contributed by atoms with E-state index in [1.54, 1.807) is 6.92 Å². The van der Waals surface area contributed by atoms with Crippen molar-refractivity contribution in [3.8, 4) is 0 Å². The number of aliphatic carboxylic acids is 1. The fourth-order valence-electron chi connectivity index (χ4n) is 1.00. The summed E-state index contributed by atoms with van der Waals surface area (Å²) in [6, 6.07) is 0. The van der Waals surface area contributed by atoms with E-state index in [9.17, 15) is 4.79 Å². The molecule has 0 aliphatic rings. The van der Waals surface area contributed by atoms with Gasteiger partial charge in [-0.1, -0.05) is 13.3 Å². The second-order valence-electron chi connectivity index (χ2n) is 2.60. The molecule has 12 heavy (non-hydrogen) atoms. The summed E-state index contributed by atoms with van der Waals surface area (Å²) in [4.78, 5) is 10.6. The molecule has 4 heteroatoms. The summed E-state index contributed by atoms with van der Waals surface area (Å²) in [6.45, 7) is 4.25. The smallest absolute Gasteiger partial charge is 0.370 e. The first-order valence-corrected chi connectivity index (χ1v) is 5.19. The Balaban J connectivity index is 4.43. The molecule has 3 nitrogen and oxygen atoms in total. The van der Waals surface area contributed by atoms with E-state index in [4.69, 9.17) is 9.84 Å². The maximum atomic E-state index is 10.6. The molecule has 0 aromatic carbocycles. The molecular formula is C8H16O3Si. The molecule has 0 unspecified atom stereocenters. The lowest BCUT2D eigenvalue weighted by Crippen LogP contribution is -2.08. The molecule has 0 amide bonds. The monoisotopic (exact) mass is 188 g/mol. The van der Waals surface area contributed by atoms with Gasteiger partial charge in [0.25, 0.3) is 0 Å². The minimum absolute atomic E-state index is 0.172. The minimum Gasteiger partial charge on any atom is -0.487 e. The summed E-state index contributed by atoms with van der Waals surface area (Å²) < 4.78 is 5.03. The lowest BCUT2D eigenvalue weighted by Gasteiger charge is -2.07. The maximum Gasteiger partial charge on any atom is 0.370 e. The molecule has 0 spiro atoms. The Morgan fingerprint density at radius 2 is 2.08 bits per heavy atom. The Kier molecular flexibility index (Phi) is 5.45. The van der Waals surface area contributed by atoms with Crippen LogP contribution in [0.15, 0.2) is 11.0 Å². The number of allylic oxidation sites excluding steroid dienone is 1. The summed E-state index contributed by atoms with van der Waals surface area (Å²) >= 11 is 0. The summed E-state index contributed by atoms with van der Waals surface area (Å²) in [7, 11) is 0.768. The lowest BCUT2D eigenvalue weighted by molar-refractivity contribution is -0.136. The third-order valence-electron chi connectivity index (χ3n) is 1.50. The second kappa shape index (κ2) is 5.82. The average molecular weight is 188 g/mol. The van der Waals surface area contributed by atoms with Crippen molar-refractivity contribution < 1.29 is 14.6 Å². The summed E-state index contributed by atoms with van der Waals surface area (Å²) in [5.41, 5.74) is 0. The van der Waals surface area contributed by atoms with Crippen molar-refractivity contribution in [2.75, 3.05) is 6.61 Å². The van der Waals surface area contributed by atoms with Crippen LogP contribution < -0.4 is 0 Å². The molecule has 0 fully saturated rings. The van der Waals surface area contributed by atoms with Crippen LogP contribution in [0, 0.1) is 0 Å². The minimum atomic E-state index is -0.935. The second-order valence-corrected chi connectivity index (χ2v) is 3.80. The largest absolute Gasteiger partial charge is 0.487 e. The third-order valence-corrected chi connectivity index (χ3v) is 2.45. The average Bonchev–Trinajstić information content (AvgIpc) is 1.99. The quantitative estimate of drug-likeness (QED) is 0.388. The Morgan fingerprint density at radius 1 is 1.50 bits per heavy atom. The van der Waals surface area contributed by atoms with Crippen molar-refractivity contribution in [2.45, 2.75) is 26.7 Å². The van der Waals surface area contributed by atoms with Crippen LogP contribution in [-0.4, -0.2) is 27.9 Å². The highest BCUT2D eigenvalue weighted by molar-refractivity contribution is 6.23. The SMILES string of the molecule is CCC/C([SiH3])=C(/OCC)C(=O)O. The van der Waals surface area contributed by atoms with Gasteiger partial charge in [0.2, 0.25) is 0 Å². The van der Waals surface area contributed by atoms with Crippen LogP contribution in [0.4, 0.5) is 0 Å². The molecule has 0 bridgehead atoms. The zero-order chi connectivity index (χ0) is 9.56. The van der Waals surface area contributed by atoms with Crippen molar-refractivity contribution in [2.24, 2.45) is 0 Å². The van der Waals surface area contributed by atoms with E-state index in [1.807, 2.05) is 6.92 Å². The number of ether oxygens (including phenoxy) is 1. The normalized spacial score (nSPS) is 12.5. The molecule has 70 valence electrons. The van der Waals surface area contributed by atoms with Gasteiger partial charge in [0.15, 0.2) is 5.76 Å². The van der Waals surface area contributed by atoms with Crippen LogP contribution in [-0.2, 0) is 9.53 Å². The van der Waals surface area contributed by atoms with Gasteiger partial charge in [0.05, 0.1) is 6.61 Å². The van der Waals surface area contributed by atoms with Crippen molar-refractivity contribution in [3.05, 3.63) is 11.0 Å². The molecule has 0 saturated carbocycles. The standard InChI is InChI=1S/C8H16O3Si/c1-3-5-6(12)7(8(9)10)11-4-2/h3-5H2,1-2,12H3,(H,9,10)/b7-6-. The number of carboxylic acid groups (broad SMARTS) is 1. The molecule has 0 aromatic rings. The predicted octanol–water partition coefficient (Wildman–Crippen LogP) is 0.485. The first-order chi connectivity index (χ1) is 5.63. The van der Waals surface area contributed by atoms with Gasteiger partial charge < -0.3 is 9.84 Å². The maximum absolute atomic E-state index is 10.6. The van der Waals surface area contributed by atoms with Crippen LogP contribution in [0.2, 0.25) is 0 Å². The summed E-state index contributed by atoms with van der Waals surface area (Å²) in [5.74, 6) is -0.763. The zero-order valence-corrected chi connectivity index (χ0v) is 9.89. The molecule has 0 heterocycles. The van der Waals surface area contributed by atoms with Crippen LogP contribution in [0.25, 0.3) is 0 Å². The molecule has 0 saturated heterocycles. The van der Waals surface area contributed by atoms with Crippen LogP contribution in [0.5, 0.6) is 0 Å². The van der Waals surface area contributed by atoms with E-state index >= 15 is 0 Å². The highest BCUT2D eigenvalue weighted by atomic mass is 28.1. The van der Waals surface area contributed by atoms with E-state index in [0.717, 1.165) is 28.3 Å². The van der Waals surface area contributed by atoms with E-state index in [0.29, 0.717) is 6.61 Å². The predicted molar refractivity (Wildman–Crippen MR) is 51.1 cm³/mol. The molecule has 0 aliphatic heterocycles. The van der Waals surface area contributed by atoms with Gasteiger partial charge in [0, 0.05) is 10.2 Å². The van der Waals surface area contributed by atoms with Gasteiger partial charge >= 0.3 is 5.97 Å². The number of carboxylic acids is 1. The molecule has 0 rings (SSSR count). The molecular weight excluding hydrogens is 172 g/mol. The Bertz CT molecular complexity index is 187. The third kappa shape index (κ3) is 3.57. The van der Waals surface area contributed by atoms with Crippen LogP contribution in [0.1, 0.15) is 26.7 Å². The number of hydrogen-bond donors (Lipinski definition) is 1. The fraction of sp³-hybridized carbons (Fsp3) is 0.625. The first-order valence-electron chi connectivity index (χ1n) is 4.19. The Morgan fingerprint density at radius 3 is 2.42 bits per heavy atom. The van der Waals surface area contributed by atoms with Gasteiger partial charge in [-0.25, -0.2) is 4.79 Å². The highest BCUT2D eigenvalue weighted by Crippen LogP contribution is 2.09. The number of hydrogen-bond acceptors (Lipinski definition) is 2. The van der Waals surface area contributed by atoms with Crippen molar-refractivity contribution in [3.63, 3.8) is 0 Å². The molecule has 0 aromatic heterocycles. The van der Waals surface area contributed by atoms with Crippen molar-refractivity contribution >= 4 is 16.2 Å². The molecule has 1 N–H and O–H groups in total. The molecule has 0 aliphatic carbocycles. The van der Waals surface area contributed by atoms with Gasteiger partial charge in [-0.05, 0) is 18.5 Å². The van der Waals surface area contributed by atoms with E-state index in [1.165, 1.54) is 0 Å². The van der Waals surface area contributed by atoms with Crippen molar-refractivity contribution in [1.82, 2.24) is 0 Å². The zero-order valence-electron chi connectivity index (χ0n) is 7.89. The van der Waals surface area contributed by atoms with E-state index in [2.05, 4.69) is 0 Å². The summed E-state index contributed by atoms with van der Waals surface area (Å²) in [5, 5.41) is 9.69. The van der Waals surface area contributed by atoms with Crippen LogP contribution >= 0.6 is 0 Å². The van der Waals surface area contributed by atoms with E-state index in [-0.39, 0.29) is 5.76 Å². The van der Waals surface area contributed by atoms with Gasteiger partial charge in [-0.15, -0.1) is 0 Å². The number of rotatable bonds is 5. The van der Waals surface area contributed by atoms with Crippen molar-refractivity contribution in [1.29, 1.82) is 0 Å². The van der Waals surface area contributed by atoms with Gasteiger partial charge in [0.1, 0.15) is 0 Å². The molecule has 0 radical (unpaired) electrons. The van der Waals surface area contributed by atoms with Gasteiger partial charge in [-0.2, -0.15) is 0 Å².